The van der Waals surface area contributed by atoms with E-state index in [-0.39, 0.29) is 24.1 Å². The number of piperidine rings is 1. The van der Waals surface area contributed by atoms with Crippen molar-refractivity contribution in [2.45, 2.75) is 31.8 Å². The normalized spacial score (nSPS) is 21.0. The largest absolute Gasteiger partial charge is 0.493 e. The zero-order valence-corrected chi connectivity index (χ0v) is 16.0. The van der Waals surface area contributed by atoms with Crippen molar-refractivity contribution in [1.82, 2.24) is 9.80 Å². The number of carbonyl (C=O) groups excluding carboxylic acids is 2. The van der Waals surface area contributed by atoms with Crippen molar-refractivity contribution in [2.75, 3.05) is 37.8 Å². The van der Waals surface area contributed by atoms with E-state index in [1.54, 1.807) is 11.8 Å². The van der Waals surface area contributed by atoms with Crippen molar-refractivity contribution in [2.24, 2.45) is 0 Å². The summed E-state index contributed by atoms with van der Waals surface area (Å²) in [6.07, 6.45) is 1.44. The van der Waals surface area contributed by atoms with Crippen molar-refractivity contribution in [3.05, 3.63) is 30.3 Å². The van der Waals surface area contributed by atoms with Crippen LogP contribution in [-0.2, 0) is 9.53 Å². The van der Waals surface area contributed by atoms with Gasteiger partial charge in [0.1, 0.15) is 12.4 Å². The van der Waals surface area contributed by atoms with Gasteiger partial charge in [0.2, 0.25) is 5.91 Å². The predicted octanol–water partition coefficient (Wildman–Crippen LogP) is 2.63. The molecule has 3 rings (SSSR count). The summed E-state index contributed by atoms with van der Waals surface area (Å²) in [7, 11) is 0. The molecule has 6 nitrogen and oxygen atoms in total. The molecule has 1 aromatic rings. The van der Waals surface area contributed by atoms with E-state index in [0.717, 1.165) is 24.3 Å². The van der Waals surface area contributed by atoms with E-state index in [1.807, 2.05) is 47.1 Å². The summed E-state index contributed by atoms with van der Waals surface area (Å²) in [4.78, 5) is 27.9. The molecule has 2 heterocycles. The SMILES string of the molecule is CC1COC(=O)N1C1CCN(C(=O)CSCCOc2ccccc2)CC1. The number of hydrogen-bond acceptors (Lipinski definition) is 5. The van der Waals surface area contributed by atoms with Crippen LogP contribution in [0.5, 0.6) is 5.75 Å². The quantitative estimate of drug-likeness (QED) is 0.683. The van der Waals surface area contributed by atoms with Gasteiger partial charge in [-0.15, -0.1) is 11.8 Å². The highest BCUT2D eigenvalue weighted by atomic mass is 32.2. The average molecular weight is 378 g/mol. The molecule has 2 saturated heterocycles. The molecule has 1 aromatic carbocycles. The molecule has 0 aliphatic carbocycles. The molecule has 0 aromatic heterocycles. The first-order valence-corrected chi connectivity index (χ1v) is 10.3. The van der Waals surface area contributed by atoms with E-state index >= 15 is 0 Å². The third kappa shape index (κ3) is 4.84. The molecular formula is C19H26N2O4S. The topological polar surface area (TPSA) is 59.1 Å². The lowest BCUT2D eigenvalue weighted by Crippen LogP contribution is -2.49. The summed E-state index contributed by atoms with van der Waals surface area (Å²) in [6.45, 7) is 4.50. The van der Waals surface area contributed by atoms with Crippen molar-refractivity contribution < 1.29 is 19.1 Å². The number of likely N-dealkylation sites (tertiary alicyclic amines) is 1. The van der Waals surface area contributed by atoms with Crippen molar-refractivity contribution >= 4 is 23.8 Å². The van der Waals surface area contributed by atoms with Gasteiger partial charge in [-0.1, -0.05) is 18.2 Å². The fourth-order valence-corrected chi connectivity index (χ4v) is 4.12. The summed E-state index contributed by atoms with van der Waals surface area (Å²) < 4.78 is 10.7. The van der Waals surface area contributed by atoms with Gasteiger partial charge in [0.05, 0.1) is 18.4 Å². The first-order chi connectivity index (χ1) is 12.6. The number of ether oxygens (including phenoxy) is 2. The second-order valence-electron chi connectivity index (χ2n) is 6.66. The van der Waals surface area contributed by atoms with Crippen LogP contribution in [-0.4, -0.2) is 71.7 Å². The molecule has 2 aliphatic rings. The Labute approximate surface area is 158 Å². The van der Waals surface area contributed by atoms with Crippen LogP contribution in [0.1, 0.15) is 19.8 Å². The van der Waals surface area contributed by atoms with Crippen LogP contribution in [0.2, 0.25) is 0 Å². The lowest BCUT2D eigenvalue weighted by molar-refractivity contribution is -0.129. The number of benzene rings is 1. The Morgan fingerprint density at radius 2 is 2.00 bits per heavy atom. The van der Waals surface area contributed by atoms with E-state index in [9.17, 15) is 9.59 Å². The van der Waals surface area contributed by atoms with Crippen LogP contribution < -0.4 is 4.74 Å². The fraction of sp³-hybridized carbons (Fsp3) is 0.579. The predicted molar refractivity (Wildman–Crippen MR) is 102 cm³/mol. The number of rotatable bonds is 7. The second-order valence-corrected chi connectivity index (χ2v) is 7.76. The van der Waals surface area contributed by atoms with E-state index in [0.29, 0.717) is 32.1 Å². The molecule has 0 bridgehead atoms. The Balaban J connectivity index is 1.32. The fourth-order valence-electron chi connectivity index (χ4n) is 3.41. The number of thioether (sulfide) groups is 1. The van der Waals surface area contributed by atoms with E-state index in [4.69, 9.17) is 9.47 Å². The van der Waals surface area contributed by atoms with E-state index in [1.165, 1.54) is 0 Å². The highest BCUT2D eigenvalue weighted by molar-refractivity contribution is 7.99. The molecule has 2 fully saturated rings. The molecular weight excluding hydrogens is 352 g/mol. The van der Waals surface area contributed by atoms with Gasteiger partial charge >= 0.3 is 6.09 Å². The average Bonchev–Trinajstić information content (AvgIpc) is 3.00. The molecule has 7 heteroatoms. The molecule has 0 spiro atoms. The van der Waals surface area contributed by atoms with Crippen LogP contribution in [0.4, 0.5) is 4.79 Å². The Morgan fingerprint density at radius 3 is 2.65 bits per heavy atom. The molecule has 1 unspecified atom stereocenters. The maximum Gasteiger partial charge on any atom is 0.410 e. The number of cyclic esters (lactones) is 1. The zero-order chi connectivity index (χ0) is 18.4. The third-order valence-corrected chi connectivity index (χ3v) is 5.72. The smallest absolute Gasteiger partial charge is 0.410 e. The number of hydrogen-bond donors (Lipinski definition) is 0. The molecule has 142 valence electrons. The summed E-state index contributed by atoms with van der Waals surface area (Å²) in [6, 6.07) is 10.0. The summed E-state index contributed by atoms with van der Waals surface area (Å²) in [5.74, 6) is 2.29. The second kappa shape index (κ2) is 9.16. The van der Waals surface area contributed by atoms with Gasteiger partial charge < -0.3 is 14.4 Å². The Hall–Kier alpha value is -1.89. The standard InChI is InChI=1S/C19H26N2O4S/c1-15-13-25-19(23)21(15)16-7-9-20(10-8-16)18(22)14-26-12-11-24-17-5-3-2-4-6-17/h2-6,15-16H,7-14H2,1H3. The highest BCUT2D eigenvalue weighted by Gasteiger charge is 2.37. The van der Waals surface area contributed by atoms with Crippen molar-refractivity contribution in [3.63, 3.8) is 0 Å². The summed E-state index contributed by atoms with van der Waals surface area (Å²) >= 11 is 1.60. The maximum absolute atomic E-state index is 12.3. The van der Waals surface area contributed by atoms with Gasteiger partial charge in [-0.2, -0.15) is 0 Å². The van der Waals surface area contributed by atoms with Crippen LogP contribution in [0.3, 0.4) is 0 Å². The number of carbonyl (C=O) groups is 2. The molecule has 0 N–H and O–H groups in total. The van der Waals surface area contributed by atoms with Gasteiger partial charge in [0.25, 0.3) is 0 Å². The molecule has 1 atom stereocenters. The van der Waals surface area contributed by atoms with Gasteiger partial charge in [-0.25, -0.2) is 4.79 Å². The van der Waals surface area contributed by atoms with E-state index < -0.39 is 0 Å². The Morgan fingerprint density at radius 1 is 1.27 bits per heavy atom. The van der Waals surface area contributed by atoms with Gasteiger partial charge in [-0.3, -0.25) is 9.69 Å². The number of amides is 2. The molecule has 2 aliphatic heterocycles. The monoisotopic (exact) mass is 378 g/mol. The van der Waals surface area contributed by atoms with Gasteiger partial charge in [0.15, 0.2) is 0 Å². The number of para-hydroxylation sites is 1. The van der Waals surface area contributed by atoms with Gasteiger partial charge in [0, 0.05) is 24.9 Å². The number of nitrogens with zero attached hydrogens (tertiary/aromatic N) is 2. The Bertz CT molecular complexity index is 605. The third-order valence-electron chi connectivity index (χ3n) is 4.81. The maximum atomic E-state index is 12.3. The highest BCUT2D eigenvalue weighted by Crippen LogP contribution is 2.24. The minimum atomic E-state index is -0.212. The molecule has 26 heavy (non-hydrogen) atoms. The van der Waals surface area contributed by atoms with Crippen molar-refractivity contribution in [3.8, 4) is 5.75 Å². The first kappa shape index (κ1) is 18.9. The lowest BCUT2D eigenvalue weighted by atomic mass is 10.0. The van der Waals surface area contributed by atoms with Crippen LogP contribution in [0.25, 0.3) is 0 Å². The van der Waals surface area contributed by atoms with Crippen molar-refractivity contribution in [1.29, 1.82) is 0 Å². The molecule has 0 saturated carbocycles. The minimum Gasteiger partial charge on any atom is -0.493 e. The minimum absolute atomic E-state index is 0.134. The molecule has 0 radical (unpaired) electrons. The van der Waals surface area contributed by atoms with Gasteiger partial charge in [-0.05, 0) is 31.9 Å². The van der Waals surface area contributed by atoms with E-state index in [2.05, 4.69) is 0 Å². The summed E-state index contributed by atoms with van der Waals surface area (Å²) in [5.41, 5.74) is 0. The van der Waals surface area contributed by atoms with Crippen LogP contribution in [0, 0.1) is 0 Å². The summed E-state index contributed by atoms with van der Waals surface area (Å²) in [5, 5.41) is 0. The first-order valence-electron chi connectivity index (χ1n) is 9.13. The van der Waals surface area contributed by atoms with Crippen LogP contribution in [0.15, 0.2) is 30.3 Å². The lowest BCUT2D eigenvalue weighted by Gasteiger charge is -2.37. The van der Waals surface area contributed by atoms with Crippen LogP contribution >= 0.6 is 11.8 Å². The Kier molecular flexibility index (Phi) is 6.66. The molecule has 2 amide bonds. The zero-order valence-electron chi connectivity index (χ0n) is 15.1.